The summed E-state index contributed by atoms with van der Waals surface area (Å²) in [6.45, 7) is 10.3. The first-order valence-electron chi connectivity index (χ1n) is 11.2. The average Bonchev–Trinajstić information content (AvgIpc) is 3.07. The molecule has 0 unspecified atom stereocenters. The lowest BCUT2D eigenvalue weighted by Crippen LogP contribution is -2.39. The van der Waals surface area contributed by atoms with Crippen molar-refractivity contribution in [2.45, 2.75) is 46.4 Å². The lowest BCUT2D eigenvalue weighted by Gasteiger charge is -2.29. The van der Waals surface area contributed by atoms with Crippen LogP contribution in [0.15, 0.2) is 54.6 Å². The van der Waals surface area contributed by atoms with E-state index in [9.17, 15) is 5.11 Å². The van der Waals surface area contributed by atoms with Crippen molar-refractivity contribution in [1.29, 1.82) is 0 Å². The molecule has 32 heavy (non-hydrogen) atoms. The number of hydrogen-bond acceptors (Lipinski definition) is 5. The van der Waals surface area contributed by atoms with Crippen molar-refractivity contribution >= 4 is 0 Å². The van der Waals surface area contributed by atoms with Gasteiger partial charge in [0.2, 0.25) is 5.88 Å². The van der Waals surface area contributed by atoms with Gasteiger partial charge in [0.15, 0.2) is 0 Å². The fraction of sp³-hybridized carbons (Fsp3) is 0.423. The van der Waals surface area contributed by atoms with Gasteiger partial charge in [-0.15, -0.1) is 0 Å². The highest BCUT2D eigenvalue weighted by atomic mass is 16.5. The zero-order valence-corrected chi connectivity index (χ0v) is 19.8. The molecule has 0 aliphatic rings. The van der Waals surface area contributed by atoms with Gasteiger partial charge in [0, 0.05) is 38.3 Å². The van der Waals surface area contributed by atoms with Crippen LogP contribution >= 0.6 is 0 Å². The maximum Gasteiger partial charge on any atom is 0.222 e. The van der Waals surface area contributed by atoms with Crippen molar-refractivity contribution in [2.75, 3.05) is 19.8 Å². The summed E-state index contributed by atoms with van der Waals surface area (Å²) in [5, 5.41) is 15.3. The number of rotatable bonds is 11. The SMILES string of the molecule is CCOC[C@@H](O)CN(Cc1c(-c2ccccc2)nn(C)c1Oc1cccc(C)c1)C(C)C. The van der Waals surface area contributed by atoms with Crippen molar-refractivity contribution in [3.8, 4) is 22.9 Å². The summed E-state index contributed by atoms with van der Waals surface area (Å²) in [7, 11) is 1.91. The van der Waals surface area contributed by atoms with Crippen LogP contribution in [0.5, 0.6) is 11.6 Å². The van der Waals surface area contributed by atoms with Crippen molar-refractivity contribution in [3.05, 3.63) is 65.7 Å². The summed E-state index contributed by atoms with van der Waals surface area (Å²) in [5.41, 5.74) is 4.06. The first kappa shape index (κ1) is 24.0. The molecule has 0 fully saturated rings. The molecule has 2 aromatic carbocycles. The van der Waals surface area contributed by atoms with Gasteiger partial charge in [0.1, 0.15) is 11.4 Å². The summed E-state index contributed by atoms with van der Waals surface area (Å²) >= 11 is 0. The molecular weight excluding hydrogens is 402 g/mol. The highest BCUT2D eigenvalue weighted by Gasteiger charge is 2.24. The predicted octanol–water partition coefficient (Wildman–Crippen LogP) is 4.80. The van der Waals surface area contributed by atoms with E-state index in [0.29, 0.717) is 32.2 Å². The molecule has 3 aromatic rings. The van der Waals surface area contributed by atoms with E-state index < -0.39 is 6.10 Å². The van der Waals surface area contributed by atoms with Gasteiger partial charge in [-0.05, 0) is 45.4 Å². The molecule has 0 aliphatic carbocycles. The Morgan fingerprint density at radius 3 is 2.50 bits per heavy atom. The van der Waals surface area contributed by atoms with Crippen LogP contribution in [0.3, 0.4) is 0 Å². The maximum atomic E-state index is 10.5. The third-order valence-corrected chi connectivity index (χ3v) is 5.39. The second-order valence-electron chi connectivity index (χ2n) is 8.38. The van der Waals surface area contributed by atoms with E-state index in [4.69, 9.17) is 14.6 Å². The van der Waals surface area contributed by atoms with Crippen molar-refractivity contribution in [2.24, 2.45) is 7.05 Å². The number of aryl methyl sites for hydroxylation is 2. The summed E-state index contributed by atoms with van der Waals surface area (Å²) in [6, 6.07) is 18.4. The van der Waals surface area contributed by atoms with Crippen molar-refractivity contribution < 1.29 is 14.6 Å². The number of aliphatic hydroxyl groups is 1. The summed E-state index contributed by atoms with van der Waals surface area (Å²) in [6.07, 6.45) is -0.560. The number of hydrogen-bond donors (Lipinski definition) is 1. The molecule has 0 radical (unpaired) electrons. The lowest BCUT2D eigenvalue weighted by atomic mass is 10.1. The van der Waals surface area contributed by atoms with Crippen molar-refractivity contribution in [3.63, 3.8) is 0 Å². The second kappa shape index (κ2) is 11.3. The minimum atomic E-state index is -0.560. The van der Waals surface area contributed by atoms with E-state index in [2.05, 4.69) is 30.9 Å². The van der Waals surface area contributed by atoms with Gasteiger partial charge in [-0.3, -0.25) is 4.90 Å². The van der Waals surface area contributed by atoms with Crippen LogP contribution < -0.4 is 4.74 Å². The van der Waals surface area contributed by atoms with Gasteiger partial charge in [-0.1, -0.05) is 42.5 Å². The Kier molecular flexibility index (Phi) is 8.45. The number of aliphatic hydroxyl groups excluding tert-OH is 1. The predicted molar refractivity (Wildman–Crippen MR) is 128 cm³/mol. The third-order valence-electron chi connectivity index (χ3n) is 5.39. The van der Waals surface area contributed by atoms with Gasteiger partial charge < -0.3 is 14.6 Å². The molecule has 1 aromatic heterocycles. The van der Waals surface area contributed by atoms with E-state index >= 15 is 0 Å². The fourth-order valence-electron chi connectivity index (χ4n) is 3.68. The fourth-order valence-corrected chi connectivity index (χ4v) is 3.68. The number of ether oxygens (including phenoxy) is 2. The quantitative estimate of drug-likeness (QED) is 0.467. The number of aromatic nitrogens is 2. The van der Waals surface area contributed by atoms with Gasteiger partial charge in [-0.2, -0.15) is 5.10 Å². The first-order valence-corrected chi connectivity index (χ1v) is 11.2. The molecule has 6 heteroatoms. The molecule has 172 valence electrons. The molecule has 0 saturated heterocycles. The second-order valence-corrected chi connectivity index (χ2v) is 8.38. The molecule has 1 N–H and O–H groups in total. The summed E-state index contributed by atoms with van der Waals surface area (Å²) in [4.78, 5) is 2.23. The molecule has 3 rings (SSSR count). The van der Waals surface area contributed by atoms with Crippen LogP contribution in [0.2, 0.25) is 0 Å². The summed E-state index contributed by atoms with van der Waals surface area (Å²) in [5.74, 6) is 1.49. The molecular formula is C26H35N3O3. The molecule has 0 amide bonds. The van der Waals surface area contributed by atoms with Gasteiger partial charge >= 0.3 is 0 Å². The molecule has 0 bridgehead atoms. The smallest absolute Gasteiger partial charge is 0.222 e. The normalized spacial score (nSPS) is 12.5. The van der Waals surface area contributed by atoms with Crippen LogP contribution in [0.4, 0.5) is 0 Å². The Bertz CT molecular complexity index is 985. The number of benzene rings is 2. The van der Waals surface area contributed by atoms with E-state index in [-0.39, 0.29) is 6.04 Å². The first-order chi connectivity index (χ1) is 15.4. The standard InChI is InChI=1S/C26H35N3O3/c1-6-31-18-22(30)16-29(19(2)3)17-24-25(21-12-8-7-9-13-21)27-28(5)26(24)32-23-14-10-11-20(4)15-23/h7-15,19,22,30H,6,16-18H2,1-5H3/t22-/m0/s1. The Morgan fingerprint density at radius 2 is 1.84 bits per heavy atom. The average molecular weight is 438 g/mol. The Morgan fingerprint density at radius 1 is 1.09 bits per heavy atom. The largest absolute Gasteiger partial charge is 0.439 e. The Hall–Kier alpha value is -2.67. The monoisotopic (exact) mass is 437 g/mol. The summed E-state index contributed by atoms with van der Waals surface area (Å²) < 4.78 is 13.6. The van der Waals surface area contributed by atoms with Crippen LogP contribution in [-0.4, -0.2) is 51.7 Å². The van der Waals surface area contributed by atoms with Crippen LogP contribution in [0.1, 0.15) is 31.9 Å². The topological polar surface area (TPSA) is 59.8 Å². The minimum Gasteiger partial charge on any atom is -0.439 e. The highest BCUT2D eigenvalue weighted by molar-refractivity contribution is 5.65. The van der Waals surface area contributed by atoms with Gasteiger partial charge in [0.25, 0.3) is 0 Å². The van der Waals surface area contributed by atoms with Gasteiger partial charge in [0.05, 0.1) is 18.3 Å². The molecule has 1 heterocycles. The van der Waals surface area contributed by atoms with E-state index in [1.165, 1.54) is 0 Å². The van der Waals surface area contributed by atoms with Crippen LogP contribution in [0.25, 0.3) is 11.3 Å². The minimum absolute atomic E-state index is 0.224. The molecule has 1 atom stereocenters. The Balaban J connectivity index is 1.98. The van der Waals surface area contributed by atoms with E-state index in [1.54, 1.807) is 4.68 Å². The molecule has 0 saturated carbocycles. The third kappa shape index (κ3) is 6.19. The number of nitrogens with zero attached hydrogens (tertiary/aromatic N) is 3. The van der Waals surface area contributed by atoms with E-state index in [1.807, 2.05) is 63.4 Å². The van der Waals surface area contributed by atoms with Crippen LogP contribution in [-0.2, 0) is 18.3 Å². The molecule has 0 spiro atoms. The maximum absolute atomic E-state index is 10.5. The van der Waals surface area contributed by atoms with Crippen molar-refractivity contribution in [1.82, 2.24) is 14.7 Å². The van der Waals surface area contributed by atoms with Crippen LogP contribution in [0, 0.1) is 6.92 Å². The Labute approximate surface area is 191 Å². The zero-order valence-electron chi connectivity index (χ0n) is 19.8. The van der Waals surface area contributed by atoms with E-state index in [0.717, 1.165) is 28.1 Å². The zero-order chi connectivity index (χ0) is 23.1. The molecule has 0 aliphatic heterocycles. The highest BCUT2D eigenvalue weighted by Crippen LogP contribution is 2.34. The van der Waals surface area contributed by atoms with Gasteiger partial charge in [-0.25, -0.2) is 4.68 Å². The molecule has 6 nitrogen and oxygen atoms in total. The lowest BCUT2D eigenvalue weighted by molar-refractivity contribution is 0.0132.